The highest BCUT2D eigenvalue weighted by Gasteiger charge is 2.29. The maximum Gasteiger partial charge on any atom is 0.191 e. The van der Waals surface area contributed by atoms with Crippen LogP contribution in [0.4, 0.5) is 0 Å². The van der Waals surface area contributed by atoms with E-state index in [0.717, 1.165) is 51.6 Å². The van der Waals surface area contributed by atoms with E-state index >= 15 is 0 Å². The molecule has 1 aromatic carbocycles. The lowest BCUT2D eigenvalue weighted by molar-refractivity contribution is 0.0702. The predicted octanol–water partition coefficient (Wildman–Crippen LogP) is 2.88. The van der Waals surface area contributed by atoms with Crippen LogP contribution in [0.3, 0.4) is 0 Å². The molecule has 1 fully saturated rings. The number of hydrogen-bond donors (Lipinski definition) is 2. The van der Waals surface area contributed by atoms with Crippen LogP contribution in [0.1, 0.15) is 32.3 Å². The van der Waals surface area contributed by atoms with E-state index < -0.39 is 0 Å². The number of hydrogen-bond acceptors (Lipinski definition) is 4. The van der Waals surface area contributed by atoms with Gasteiger partial charge in [0.1, 0.15) is 0 Å². The molecule has 0 aromatic heterocycles. The molecule has 0 radical (unpaired) electrons. The highest BCUT2D eigenvalue weighted by atomic mass is 127. The minimum absolute atomic E-state index is 0. The molecule has 1 saturated heterocycles. The Labute approximate surface area is 187 Å². The van der Waals surface area contributed by atoms with Crippen LogP contribution in [0.15, 0.2) is 35.3 Å². The van der Waals surface area contributed by atoms with Gasteiger partial charge in [0.2, 0.25) is 0 Å². The number of likely N-dealkylation sites (tertiary alicyclic amines) is 1. The van der Waals surface area contributed by atoms with Crippen LogP contribution in [-0.4, -0.2) is 69.5 Å². The van der Waals surface area contributed by atoms with Gasteiger partial charge >= 0.3 is 0 Å². The summed E-state index contributed by atoms with van der Waals surface area (Å²) in [7, 11) is 1.69. The highest BCUT2D eigenvalue weighted by molar-refractivity contribution is 14.0. The van der Waals surface area contributed by atoms with E-state index in [1.807, 2.05) is 0 Å². The minimum atomic E-state index is 0. The average Bonchev–Trinajstić information content (AvgIpc) is 3.01. The van der Waals surface area contributed by atoms with E-state index in [0.29, 0.717) is 25.3 Å². The molecule has 0 spiro atoms. The molecule has 1 heterocycles. The molecule has 2 N–H and O–H groups in total. The molecule has 28 heavy (non-hydrogen) atoms. The van der Waals surface area contributed by atoms with Crippen molar-refractivity contribution in [1.29, 1.82) is 0 Å². The van der Waals surface area contributed by atoms with Gasteiger partial charge in [-0.25, -0.2) is 0 Å². The van der Waals surface area contributed by atoms with Crippen LogP contribution in [0.2, 0.25) is 0 Å². The molecule has 0 bridgehead atoms. The van der Waals surface area contributed by atoms with Crippen LogP contribution in [0.5, 0.6) is 0 Å². The number of ether oxygens (including phenoxy) is 2. The van der Waals surface area contributed by atoms with Gasteiger partial charge in [0.15, 0.2) is 5.96 Å². The molecule has 0 saturated carbocycles. The van der Waals surface area contributed by atoms with E-state index in [1.54, 1.807) is 7.11 Å². The van der Waals surface area contributed by atoms with Gasteiger partial charge in [0, 0.05) is 52.0 Å². The zero-order valence-corrected chi connectivity index (χ0v) is 19.9. The monoisotopic (exact) mass is 504 g/mol. The SMILES string of the molecule is CCNC(=NCCCOCCOC)NC1CC(C)N(Cc2ccccc2)C1.I. The Hall–Kier alpha value is -0.900. The first kappa shape index (κ1) is 25.1. The van der Waals surface area contributed by atoms with Crippen molar-refractivity contribution >= 4 is 29.9 Å². The Bertz CT molecular complexity index is 544. The minimum Gasteiger partial charge on any atom is -0.382 e. The summed E-state index contributed by atoms with van der Waals surface area (Å²) in [6, 6.07) is 11.7. The highest BCUT2D eigenvalue weighted by Crippen LogP contribution is 2.20. The molecule has 160 valence electrons. The summed E-state index contributed by atoms with van der Waals surface area (Å²) in [5.74, 6) is 0.910. The summed E-state index contributed by atoms with van der Waals surface area (Å²) >= 11 is 0. The molecule has 1 aromatic rings. The number of guanidine groups is 1. The first-order valence-corrected chi connectivity index (χ1v) is 10.1. The molecular formula is C21H37IN4O2. The number of nitrogens with one attached hydrogen (secondary N) is 2. The summed E-state index contributed by atoms with van der Waals surface area (Å²) < 4.78 is 10.5. The lowest BCUT2D eigenvalue weighted by Gasteiger charge is -2.21. The first-order valence-electron chi connectivity index (χ1n) is 10.1. The van der Waals surface area contributed by atoms with Crippen LogP contribution in [-0.2, 0) is 16.0 Å². The maximum atomic E-state index is 5.49. The van der Waals surface area contributed by atoms with Crippen molar-refractivity contribution in [3.05, 3.63) is 35.9 Å². The topological polar surface area (TPSA) is 58.1 Å². The Morgan fingerprint density at radius 2 is 2.00 bits per heavy atom. The van der Waals surface area contributed by atoms with Crippen molar-refractivity contribution in [3.8, 4) is 0 Å². The van der Waals surface area contributed by atoms with E-state index in [-0.39, 0.29) is 24.0 Å². The van der Waals surface area contributed by atoms with Crippen LogP contribution >= 0.6 is 24.0 Å². The van der Waals surface area contributed by atoms with E-state index in [1.165, 1.54) is 5.56 Å². The Morgan fingerprint density at radius 1 is 1.21 bits per heavy atom. The van der Waals surface area contributed by atoms with Gasteiger partial charge in [0.25, 0.3) is 0 Å². The number of halogens is 1. The molecule has 2 rings (SSSR count). The van der Waals surface area contributed by atoms with E-state index in [4.69, 9.17) is 14.5 Å². The predicted molar refractivity (Wildman–Crippen MR) is 127 cm³/mol. The zero-order chi connectivity index (χ0) is 19.3. The summed E-state index contributed by atoms with van der Waals surface area (Å²) in [5.41, 5.74) is 1.37. The van der Waals surface area contributed by atoms with Crippen molar-refractivity contribution in [1.82, 2.24) is 15.5 Å². The van der Waals surface area contributed by atoms with Gasteiger partial charge in [-0.15, -0.1) is 24.0 Å². The number of aliphatic imine (C=N–C) groups is 1. The molecule has 2 unspecified atom stereocenters. The van der Waals surface area contributed by atoms with Crippen molar-refractivity contribution in [3.63, 3.8) is 0 Å². The molecular weight excluding hydrogens is 467 g/mol. The number of nitrogens with zero attached hydrogens (tertiary/aromatic N) is 2. The largest absolute Gasteiger partial charge is 0.382 e. The third-order valence-corrected chi connectivity index (χ3v) is 4.77. The molecule has 2 atom stereocenters. The summed E-state index contributed by atoms with van der Waals surface area (Å²) in [6.45, 7) is 10.1. The lowest BCUT2D eigenvalue weighted by atomic mass is 10.2. The van der Waals surface area contributed by atoms with Gasteiger partial charge in [0.05, 0.1) is 13.2 Å². The van der Waals surface area contributed by atoms with Crippen molar-refractivity contribution in [2.45, 2.75) is 45.3 Å². The molecule has 0 aliphatic carbocycles. The molecule has 1 aliphatic rings. The smallest absolute Gasteiger partial charge is 0.191 e. The second-order valence-corrected chi connectivity index (χ2v) is 7.06. The number of methoxy groups -OCH3 is 1. The van der Waals surface area contributed by atoms with Gasteiger partial charge < -0.3 is 20.1 Å². The Kier molecular flexibility index (Phi) is 13.5. The van der Waals surface area contributed by atoms with Crippen LogP contribution < -0.4 is 10.6 Å². The van der Waals surface area contributed by atoms with Gasteiger partial charge in [-0.05, 0) is 32.3 Å². The van der Waals surface area contributed by atoms with Crippen LogP contribution in [0, 0.1) is 0 Å². The summed E-state index contributed by atoms with van der Waals surface area (Å²) in [5, 5.41) is 6.97. The average molecular weight is 504 g/mol. The molecule has 6 nitrogen and oxygen atoms in total. The van der Waals surface area contributed by atoms with Crippen LogP contribution in [0.25, 0.3) is 0 Å². The third kappa shape index (κ3) is 9.54. The fourth-order valence-electron chi connectivity index (χ4n) is 3.36. The van der Waals surface area contributed by atoms with E-state index in [2.05, 4.69) is 59.7 Å². The van der Waals surface area contributed by atoms with Crippen molar-refractivity contribution in [2.24, 2.45) is 4.99 Å². The standard InChI is InChI=1S/C21H36N4O2.HI/c1-4-22-21(23-11-8-12-27-14-13-26-3)24-20-15-18(2)25(17-20)16-19-9-6-5-7-10-19;/h5-7,9-10,18,20H,4,8,11-17H2,1-3H3,(H2,22,23,24);1H. The molecule has 1 aliphatic heterocycles. The summed E-state index contributed by atoms with van der Waals surface area (Å²) in [6.07, 6.45) is 2.05. The van der Waals surface area contributed by atoms with Gasteiger partial charge in [-0.2, -0.15) is 0 Å². The van der Waals surface area contributed by atoms with Gasteiger partial charge in [-0.3, -0.25) is 9.89 Å². The van der Waals surface area contributed by atoms with E-state index in [9.17, 15) is 0 Å². The summed E-state index contributed by atoms with van der Waals surface area (Å²) in [4.78, 5) is 7.24. The normalized spacial score (nSPS) is 20.0. The third-order valence-electron chi connectivity index (χ3n) is 4.77. The second kappa shape index (κ2) is 15.0. The molecule has 7 heteroatoms. The fraction of sp³-hybridized carbons (Fsp3) is 0.667. The zero-order valence-electron chi connectivity index (χ0n) is 17.5. The molecule has 0 amide bonds. The van der Waals surface area contributed by atoms with Crippen molar-refractivity contribution in [2.75, 3.05) is 46.6 Å². The quantitative estimate of drug-likeness (QED) is 0.210. The Balaban J connectivity index is 0.00000392. The lowest BCUT2D eigenvalue weighted by Crippen LogP contribution is -2.44. The van der Waals surface area contributed by atoms with Gasteiger partial charge in [-0.1, -0.05) is 30.3 Å². The fourth-order valence-corrected chi connectivity index (χ4v) is 3.36. The maximum absolute atomic E-state index is 5.49. The second-order valence-electron chi connectivity index (χ2n) is 7.06. The number of rotatable bonds is 11. The first-order chi connectivity index (χ1) is 13.2. The van der Waals surface area contributed by atoms with Crippen molar-refractivity contribution < 1.29 is 9.47 Å². The number of benzene rings is 1. The Morgan fingerprint density at radius 3 is 2.71 bits per heavy atom.